The number of hydrogen-bond acceptors (Lipinski definition) is 6. The first-order chi connectivity index (χ1) is 17.0. The van der Waals surface area contributed by atoms with Crippen molar-refractivity contribution in [2.45, 2.75) is 95.6 Å². The largest absolute Gasteiger partial charge is 0.497 e. The molecule has 2 aliphatic rings. The molecule has 190 valence electrons. The maximum absolute atomic E-state index is 13.3. The number of likely N-dealkylation sites (tertiary alicyclic amines) is 1. The van der Waals surface area contributed by atoms with Crippen molar-refractivity contribution in [2.24, 2.45) is 0 Å². The van der Waals surface area contributed by atoms with Gasteiger partial charge in [0.2, 0.25) is 17.7 Å². The summed E-state index contributed by atoms with van der Waals surface area (Å²) in [4.78, 5) is 32.0. The fraction of sp³-hybridized carbons (Fsp3) is 0.630. The fourth-order valence-corrected chi connectivity index (χ4v) is 5.56. The number of aromatic nitrogens is 2. The van der Waals surface area contributed by atoms with Gasteiger partial charge in [-0.2, -0.15) is 4.98 Å². The number of hydrogen-bond donors (Lipinski definition) is 1. The van der Waals surface area contributed by atoms with E-state index in [-0.39, 0.29) is 17.9 Å². The summed E-state index contributed by atoms with van der Waals surface area (Å²) < 4.78 is 10.9. The summed E-state index contributed by atoms with van der Waals surface area (Å²) in [6, 6.07) is 8.12. The van der Waals surface area contributed by atoms with E-state index in [1.54, 1.807) is 7.11 Å². The Morgan fingerprint density at radius 3 is 2.49 bits per heavy atom. The molecule has 1 aromatic carbocycles. The minimum absolute atomic E-state index is 0.0724. The standard InChI is InChI=1S/C27H38N4O4/c1-20(32)29-27(17-7-3-4-8-18-27)26-28-24(35-30-26)15-16-25(33)31-19-9-5-6-10-23(31)21-11-13-22(34-2)14-12-21/h11-14,23H,3-10,15-19H2,1-2H3,(H,29,32). The zero-order valence-electron chi connectivity index (χ0n) is 21.1. The molecular weight excluding hydrogens is 444 g/mol. The monoisotopic (exact) mass is 482 g/mol. The third-order valence-corrected chi connectivity index (χ3v) is 7.39. The van der Waals surface area contributed by atoms with Crippen molar-refractivity contribution in [1.82, 2.24) is 20.4 Å². The van der Waals surface area contributed by atoms with Crippen LogP contribution >= 0.6 is 0 Å². The molecule has 1 saturated carbocycles. The molecule has 4 rings (SSSR count). The van der Waals surface area contributed by atoms with Gasteiger partial charge in [0.05, 0.1) is 13.2 Å². The lowest BCUT2D eigenvalue weighted by molar-refractivity contribution is -0.133. The first kappa shape index (κ1) is 25.2. The van der Waals surface area contributed by atoms with Crippen molar-refractivity contribution >= 4 is 11.8 Å². The summed E-state index contributed by atoms with van der Waals surface area (Å²) in [5, 5.41) is 7.37. The summed E-state index contributed by atoms with van der Waals surface area (Å²) in [6.45, 7) is 2.29. The van der Waals surface area contributed by atoms with E-state index in [0.717, 1.165) is 82.1 Å². The number of carbonyl (C=O) groups excluding carboxylic acids is 2. The molecule has 8 heteroatoms. The molecule has 1 aliphatic carbocycles. The molecule has 2 fully saturated rings. The molecule has 1 aromatic heterocycles. The third kappa shape index (κ3) is 6.21. The van der Waals surface area contributed by atoms with Crippen molar-refractivity contribution in [3.63, 3.8) is 0 Å². The highest BCUT2D eigenvalue weighted by Crippen LogP contribution is 2.35. The Balaban J connectivity index is 1.44. The number of benzene rings is 1. The van der Waals surface area contributed by atoms with Crippen LogP contribution in [0.1, 0.15) is 101 Å². The van der Waals surface area contributed by atoms with E-state index < -0.39 is 5.54 Å². The maximum atomic E-state index is 13.3. The molecule has 2 heterocycles. The molecule has 1 saturated heterocycles. The molecule has 35 heavy (non-hydrogen) atoms. The zero-order valence-corrected chi connectivity index (χ0v) is 21.1. The van der Waals surface area contributed by atoms with Crippen LogP contribution in [0.25, 0.3) is 0 Å². The second kappa shape index (κ2) is 11.7. The Labute approximate surface area is 207 Å². The second-order valence-electron chi connectivity index (χ2n) is 9.91. The molecule has 0 bridgehead atoms. The van der Waals surface area contributed by atoms with Gasteiger partial charge < -0.3 is 19.5 Å². The molecule has 0 spiro atoms. The Bertz CT molecular complexity index is 979. The van der Waals surface area contributed by atoms with Crippen LogP contribution in [-0.4, -0.2) is 40.5 Å². The Kier molecular flexibility index (Phi) is 8.42. The van der Waals surface area contributed by atoms with Gasteiger partial charge in [-0.15, -0.1) is 0 Å². The summed E-state index contributed by atoms with van der Waals surface area (Å²) in [7, 11) is 1.66. The SMILES string of the molecule is COc1ccc(C2CCCCCN2C(=O)CCc2nc(C3(NC(C)=O)CCCCCC3)no2)cc1. The molecule has 1 unspecified atom stereocenters. The van der Waals surface area contributed by atoms with Gasteiger partial charge in [-0.3, -0.25) is 9.59 Å². The Morgan fingerprint density at radius 1 is 1.09 bits per heavy atom. The minimum Gasteiger partial charge on any atom is -0.497 e. The van der Waals surface area contributed by atoms with Crippen molar-refractivity contribution < 1.29 is 18.8 Å². The van der Waals surface area contributed by atoms with Crippen molar-refractivity contribution in [2.75, 3.05) is 13.7 Å². The van der Waals surface area contributed by atoms with Crippen LogP contribution in [0.2, 0.25) is 0 Å². The molecule has 2 amide bonds. The topological polar surface area (TPSA) is 97.6 Å². The summed E-state index contributed by atoms with van der Waals surface area (Å²) in [6.07, 6.45) is 10.9. The van der Waals surface area contributed by atoms with E-state index in [1.807, 2.05) is 17.0 Å². The molecule has 2 aromatic rings. The van der Waals surface area contributed by atoms with Crippen LogP contribution in [0, 0.1) is 0 Å². The van der Waals surface area contributed by atoms with Gasteiger partial charge in [-0.1, -0.05) is 55.8 Å². The van der Waals surface area contributed by atoms with Gasteiger partial charge in [-0.05, 0) is 43.4 Å². The fourth-order valence-electron chi connectivity index (χ4n) is 5.56. The molecule has 1 aliphatic heterocycles. The highest BCUT2D eigenvalue weighted by Gasteiger charge is 2.38. The van der Waals surface area contributed by atoms with Gasteiger partial charge in [0.15, 0.2) is 5.82 Å². The average molecular weight is 483 g/mol. The maximum Gasteiger partial charge on any atom is 0.227 e. The van der Waals surface area contributed by atoms with E-state index in [9.17, 15) is 9.59 Å². The molecule has 1 atom stereocenters. The van der Waals surface area contributed by atoms with Gasteiger partial charge in [-0.25, -0.2) is 0 Å². The summed E-state index contributed by atoms with van der Waals surface area (Å²) in [5.41, 5.74) is 0.574. The van der Waals surface area contributed by atoms with E-state index in [0.29, 0.717) is 24.6 Å². The van der Waals surface area contributed by atoms with E-state index in [4.69, 9.17) is 9.26 Å². The quantitative estimate of drug-likeness (QED) is 0.567. The van der Waals surface area contributed by atoms with Gasteiger partial charge in [0.25, 0.3) is 0 Å². The molecule has 8 nitrogen and oxygen atoms in total. The lowest BCUT2D eigenvalue weighted by Gasteiger charge is -2.30. The number of methoxy groups -OCH3 is 1. The number of nitrogens with zero attached hydrogens (tertiary/aromatic N) is 3. The Morgan fingerprint density at radius 2 is 1.80 bits per heavy atom. The lowest BCUT2D eigenvalue weighted by atomic mass is 9.89. The Hall–Kier alpha value is -2.90. The van der Waals surface area contributed by atoms with Gasteiger partial charge in [0, 0.05) is 26.3 Å². The first-order valence-corrected chi connectivity index (χ1v) is 13.1. The van der Waals surface area contributed by atoms with Gasteiger partial charge >= 0.3 is 0 Å². The van der Waals surface area contributed by atoms with Crippen LogP contribution in [0.4, 0.5) is 0 Å². The predicted molar refractivity (Wildman–Crippen MR) is 132 cm³/mol. The van der Waals surface area contributed by atoms with Gasteiger partial charge in [0.1, 0.15) is 11.3 Å². The van der Waals surface area contributed by atoms with Crippen LogP contribution < -0.4 is 10.1 Å². The molecule has 1 N–H and O–H groups in total. The van der Waals surface area contributed by atoms with Crippen molar-refractivity contribution in [1.29, 1.82) is 0 Å². The van der Waals surface area contributed by atoms with E-state index in [1.165, 1.54) is 6.92 Å². The number of amides is 2. The second-order valence-corrected chi connectivity index (χ2v) is 9.91. The van der Waals surface area contributed by atoms with Crippen LogP contribution in [-0.2, 0) is 21.5 Å². The molecular formula is C27H38N4O4. The minimum atomic E-state index is -0.571. The van der Waals surface area contributed by atoms with Crippen molar-refractivity contribution in [3.05, 3.63) is 41.5 Å². The highest BCUT2D eigenvalue weighted by atomic mass is 16.5. The smallest absolute Gasteiger partial charge is 0.227 e. The predicted octanol–water partition coefficient (Wildman–Crippen LogP) is 4.84. The number of rotatable bonds is 7. The summed E-state index contributed by atoms with van der Waals surface area (Å²) in [5.74, 6) is 1.84. The highest BCUT2D eigenvalue weighted by molar-refractivity contribution is 5.77. The lowest BCUT2D eigenvalue weighted by Crippen LogP contribution is -2.45. The van der Waals surface area contributed by atoms with E-state index >= 15 is 0 Å². The average Bonchev–Trinajstić information content (AvgIpc) is 3.04. The number of aryl methyl sites for hydroxylation is 1. The third-order valence-electron chi connectivity index (χ3n) is 7.39. The molecule has 0 radical (unpaired) electrons. The van der Waals surface area contributed by atoms with Crippen LogP contribution in [0.15, 0.2) is 28.8 Å². The number of nitrogens with one attached hydrogen (secondary N) is 1. The van der Waals surface area contributed by atoms with Crippen LogP contribution in [0.5, 0.6) is 5.75 Å². The van der Waals surface area contributed by atoms with Crippen LogP contribution in [0.3, 0.4) is 0 Å². The first-order valence-electron chi connectivity index (χ1n) is 13.1. The summed E-state index contributed by atoms with van der Waals surface area (Å²) >= 11 is 0. The van der Waals surface area contributed by atoms with Crippen molar-refractivity contribution in [3.8, 4) is 5.75 Å². The van der Waals surface area contributed by atoms with E-state index in [2.05, 4.69) is 27.6 Å². The number of ether oxygens (including phenoxy) is 1. The zero-order chi connectivity index (χ0) is 24.7. The normalized spacial score (nSPS) is 20.5. The number of carbonyl (C=O) groups is 2.